The van der Waals surface area contributed by atoms with Gasteiger partial charge in [-0.3, -0.25) is 0 Å². The van der Waals surface area contributed by atoms with Crippen LogP contribution >= 0.6 is 11.3 Å². The molecule has 18 heavy (non-hydrogen) atoms. The van der Waals surface area contributed by atoms with Gasteiger partial charge >= 0.3 is 0 Å². The summed E-state index contributed by atoms with van der Waals surface area (Å²) < 4.78 is 0. The van der Waals surface area contributed by atoms with E-state index in [1.807, 2.05) is 16.8 Å². The smallest absolute Gasteiger partial charge is 0.0797 e. The first-order valence-electron chi connectivity index (χ1n) is 7.27. The zero-order valence-electron chi connectivity index (χ0n) is 12.4. The molecule has 3 heteroatoms. The van der Waals surface area contributed by atoms with Crippen LogP contribution in [0.4, 0.5) is 0 Å². The second-order valence-electron chi connectivity index (χ2n) is 5.24. The van der Waals surface area contributed by atoms with Gasteiger partial charge in [0, 0.05) is 11.4 Å². The second kappa shape index (κ2) is 7.90. The molecule has 0 radical (unpaired) electrons. The van der Waals surface area contributed by atoms with Gasteiger partial charge in [-0.15, -0.1) is 11.3 Å². The molecule has 0 aliphatic rings. The first-order valence-corrected chi connectivity index (χ1v) is 8.15. The molecule has 0 spiro atoms. The van der Waals surface area contributed by atoms with Crippen LogP contribution in [0.1, 0.15) is 57.0 Å². The lowest BCUT2D eigenvalue weighted by molar-refractivity contribution is 0.229. The van der Waals surface area contributed by atoms with Crippen LogP contribution in [-0.2, 0) is 6.42 Å². The highest BCUT2D eigenvalue weighted by Gasteiger charge is 2.25. The summed E-state index contributed by atoms with van der Waals surface area (Å²) in [4.78, 5) is 5.82. The maximum absolute atomic E-state index is 4.35. The van der Waals surface area contributed by atoms with Crippen molar-refractivity contribution in [3.05, 3.63) is 16.1 Å². The maximum Gasteiger partial charge on any atom is 0.0797 e. The molecule has 0 aliphatic heterocycles. The van der Waals surface area contributed by atoms with Gasteiger partial charge in [-0.25, -0.2) is 4.98 Å². The zero-order valence-corrected chi connectivity index (χ0v) is 13.2. The molecule has 1 rings (SSSR count). The van der Waals surface area contributed by atoms with Gasteiger partial charge in [0.1, 0.15) is 0 Å². The summed E-state index contributed by atoms with van der Waals surface area (Å²) in [6, 6.07) is 0. The maximum atomic E-state index is 4.35. The molecule has 0 saturated carbocycles. The third-order valence-corrected chi connectivity index (χ3v) is 5.15. The number of hydrogen-bond acceptors (Lipinski definition) is 3. The highest BCUT2D eigenvalue weighted by Crippen LogP contribution is 2.32. The van der Waals surface area contributed by atoms with Crippen LogP contribution in [0.15, 0.2) is 5.51 Å². The minimum atomic E-state index is 0.464. The minimum Gasteiger partial charge on any atom is -0.316 e. The number of hydrogen-bond donors (Lipinski definition) is 1. The lowest BCUT2D eigenvalue weighted by Gasteiger charge is -2.32. The van der Waals surface area contributed by atoms with Crippen LogP contribution in [0.3, 0.4) is 0 Å². The summed E-state index contributed by atoms with van der Waals surface area (Å²) in [5.41, 5.74) is 3.66. The molecule has 0 atom stereocenters. The number of aromatic nitrogens is 1. The molecule has 0 bridgehead atoms. The number of nitrogens with one attached hydrogen (secondary N) is 1. The monoisotopic (exact) mass is 268 g/mol. The van der Waals surface area contributed by atoms with E-state index in [9.17, 15) is 0 Å². The molecule has 0 aliphatic carbocycles. The van der Waals surface area contributed by atoms with E-state index < -0.39 is 0 Å². The van der Waals surface area contributed by atoms with Crippen molar-refractivity contribution in [1.82, 2.24) is 10.3 Å². The Morgan fingerprint density at radius 2 is 2.00 bits per heavy atom. The normalized spacial score (nSPS) is 12.0. The van der Waals surface area contributed by atoms with E-state index in [4.69, 9.17) is 0 Å². The lowest BCUT2D eigenvalue weighted by atomic mass is 9.78. The summed E-state index contributed by atoms with van der Waals surface area (Å²) in [6.45, 7) is 11.3. The Balaban J connectivity index is 2.53. The fraction of sp³-hybridized carbons (Fsp3) is 0.800. The van der Waals surface area contributed by atoms with Crippen LogP contribution in [-0.4, -0.2) is 18.1 Å². The topological polar surface area (TPSA) is 24.9 Å². The molecule has 0 fully saturated rings. The number of rotatable bonds is 9. The molecule has 104 valence electrons. The third kappa shape index (κ3) is 4.36. The van der Waals surface area contributed by atoms with Crippen LogP contribution < -0.4 is 5.32 Å². The molecular formula is C15H28N2S. The highest BCUT2D eigenvalue weighted by atomic mass is 32.1. The zero-order chi connectivity index (χ0) is 13.4. The van der Waals surface area contributed by atoms with Gasteiger partial charge in [0.2, 0.25) is 0 Å². The number of thiazole rings is 1. The average Bonchev–Trinajstić information content (AvgIpc) is 2.80. The largest absolute Gasteiger partial charge is 0.316 e. The van der Waals surface area contributed by atoms with E-state index in [0.717, 1.165) is 13.1 Å². The van der Waals surface area contributed by atoms with Crippen LogP contribution in [0.5, 0.6) is 0 Å². The van der Waals surface area contributed by atoms with E-state index in [2.05, 4.69) is 38.0 Å². The third-order valence-electron chi connectivity index (χ3n) is 4.15. The molecular weight excluding hydrogens is 240 g/mol. The second-order valence-corrected chi connectivity index (χ2v) is 6.18. The quantitative estimate of drug-likeness (QED) is 0.679. The Hall–Kier alpha value is -0.410. The molecule has 1 aromatic heterocycles. The summed E-state index contributed by atoms with van der Waals surface area (Å²) in [7, 11) is 0. The van der Waals surface area contributed by atoms with Crippen LogP contribution in [0, 0.1) is 12.3 Å². The molecule has 0 unspecified atom stereocenters. The molecule has 1 heterocycles. The number of nitrogens with zero attached hydrogens (tertiary/aromatic N) is 1. The summed E-state index contributed by atoms with van der Waals surface area (Å²) in [5.74, 6) is 0. The van der Waals surface area contributed by atoms with Crippen molar-refractivity contribution >= 4 is 11.3 Å². The standard InChI is InChI=1S/C15H28N2S/c1-5-10-16-11-15(6-2,7-3)9-8-14-13(4)17-12-18-14/h12,16H,5-11H2,1-4H3. The van der Waals surface area contributed by atoms with Gasteiger partial charge in [0.15, 0.2) is 0 Å². The number of aryl methyl sites for hydroxylation is 2. The van der Waals surface area contributed by atoms with Gasteiger partial charge in [0.25, 0.3) is 0 Å². The summed E-state index contributed by atoms with van der Waals surface area (Å²) >= 11 is 1.81. The van der Waals surface area contributed by atoms with E-state index in [1.165, 1.54) is 42.7 Å². The predicted octanol–water partition coefficient (Wildman–Crippen LogP) is 4.19. The predicted molar refractivity (Wildman–Crippen MR) is 81.3 cm³/mol. The molecule has 0 aromatic carbocycles. The minimum absolute atomic E-state index is 0.464. The van der Waals surface area contributed by atoms with E-state index in [1.54, 1.807) is 0 Å². The van der Waals surface area contributed by atoms with Crippen molar-refractivity contribution in [2.75, 3.05) is 13.1 Å². The summed E-state index contributed by atoms with van der Waals surface area (Å²) in [6.07, 6.45) is 6.21. The first-order chi connectivity index (χ1) is 8.67. The molecule has 1 aromatic rings. The molecule has 1 N–H and O–H groups in total. The Morgan fingerprint density at radius 1 is 1.28 bits per heavy atom. The van der Waals surface area contributed by atoms with Crippen LogP contribution in [0.25, 0.3) is 0 Å². The Labute approximate surface area is 116 Å². The van der Waals surface area contributed by atoms with E-state index >= 15 is 0 Å². The van der Waals surface area contributed by atoms with Gasteiger partial charge < -0.3 is 5.32 Å². The fourth-order valence-electron chi connectivity index (χ4n) is 2.42. The average molecular weight is 268 g/mol. The Bertz CT molecular complexity index is 329. The van der Waals surface area contributed by atoms with Crippen molar-refractivity contribution in [1.29, 1.82) is 0 Å². The van der Waals surface area contributed by atoms with Gasteiger partial charge in [-0.2, -0.15) is 0 Å². The SMILES string of the molecule is CCCNCC(CC)(CC)CCc1scnc1C. The highest BCUT2D eigenvalue weighted by molar-refractivity contribution is 7.09. The molecule has 0 amide bonds. The van der Waals surface area contributed by atoms with E-state index in [0.29, 0.717) is 5.41 Å². The lowest BCUT2D eigenvalue weighted by Crippen LogP contribution is -2.34. The van der Waals surface area contributed by atoms with Crippen molar-refractivity contribution in [2.24, 2.45) is 5.41 Å². The van der Waals surface area contributed by atoms with E-state index in [-0.39, 0.29) is 0 Å². The Kier molecular flexibility index (Phi) is 6.87. The van der Waals surface area contributed by atoms with Gasteiger partial charge in [-0.05, 0) is 51.0 Å². The van der Waals surface area contributed by atoms with Crippen LogP contribution in [0.2, 0.25) is 0 Å². The van der Waals surface area contributed by atoms with Crippen molar-refractivity contribution in [2.45, 2.75) is 59.8 Å². The van der Waals surface area contributed by atoms with Crippen molar-refractivity contribution in [3.63, 3.8) is 0 Å². The van der Waals surface area contributed by atoms with Crippen molar-refractivity contribution in [3.8, 4) is 0 Å². The van der Waals surface area contributed by atoms with Crippen molar-refractivity contribution < 1.29 is 0 Å². The fourth-order valence-corrected chi connectivity index (χ4v) is 3.20. The summed E-state index contributed by atoms with van der Waals surface area (Å²) in [5, 5.41) is 3.61. The van der Waals surface area contributed by atoms with Gasteiger partial charge in [-0.1, -0.05) is 20.8 Å². The Morgan fingerprint density at radius 3 is 2.50 bits per heavy atom. The molecule has 2 nitrogen and oxygen atoms in total. The first kappa shape index (κ1) is 15.6. The van der Waals surface area contributed by atoms with Gasteiger partial charge in [0.05, 0.1) is 11.2 Å². The molecule has 0 saturated heterocycles.